The number of rotatable bonds is 2. The number of carbonyl (C=O) groups is 1. The van der Waals surface area contributed by atoms with Gasteiger partial charge in [0.05, 0.1) is 24.3 Å². The van der Waals surface area contributed by atoms with Crippen molar-refractivity contribution in [3.8, 4) is 0 Å². The van der Waals surface area contributed by atoms with Gasteiger partial charge in [0.25, 0.3) is 15.9 Å². The second-order valence-corrected chi connectivity index (χ2v) is 7.11. The number of alkyl halides is 3. The molecule has 0 aliphatic carbocycles. The van der Waals surface area contributed by atoms with E-state index in [0.717, 1.165) is 6.07 Å². The average molecular weight is 351 g/mol. The summed E-state index contributed by atoms with van der Waals surface area (Å²) < 4.78 is 73.7. The summed E-state index contributed by atoms with van der Waals surface area (Å²) in [5.74, 6) is -1.20. The normalized spacial score (nSPS) is 21.5. The lowest BCUT2D eigenvalue weighted by molar-refractivity contribution is -0.137. The molecule has 1 fully saturated rings. The van der Waals surface area contributed by atoms with Crippen molar-refractivity contribution in [3.63, 3.8) is 0 Å². The van der Waals surface area contributed by atoms with Crippen LogP contribution in [-0.2, 0) is 25.7 Å². The molecule has 23 heavy (non-hydrogen) atoms. The number of ether oxygens (including phenoxy) is 2. The molecule has 0 unspecified atom stereocenters. The molecule has 0 saturated carbocycles. The van der Waals surface area contributed by atoms with E-state index >= 15 is 0 Å². The molecule has 0 N–H and O–H groups in total. The average Bonchev–Trinajstić information content (AvgIpc) is 2.68. The van der Waals surface area contributed by atoms with E-state index in [9.17, 15) is 26.4 Å². The van der Waals surface area contributed by atoms with Gasteiger partial charge in [0, 0.05) is 12.5 Å². The first-order valence-corrected chi connectivity index (χ1v) is 8.09. The van der Waals surface area contributed by atoms with E-state index in [1.807, 2.05) is 0 Å². The van der Waals surface area contributed by atoms with E-state index < -0.39 is 32.6 Å². The highest BCUT2D eigenvalue weighted by molar-refractivity contribution is 7.90. The molecule has 2 aliphatic rings. The fraction of sp³-hybridized carbons (Fsp3) is 0.462. The maximum atomic E-state index is 12.7. The molecular weight excluding hydrogens is 339 g/mol. The Labute approximate surface area is 129 Å². The summed E-state index contributed by atoms with van der Waals surface area (Å²) in [7, 11) is -4.31. The van der Waals surface area contributed by atoms with Gasteiger partial charge in [-0.1, -0.05) is 0 Å². The Kier molecular flexibility index (Phi) is 3.85. The summed E-state index contributed by atoms with van der Waals surface area (Å²) in [6, 6.07) is 2.09. The Hall–Kier alpha value is -1.65. The number of carbonyl (C=O) groups excluding carboxylic acids is 1. The van der Waals surface area contributed by atoms with Crippen molar-refractivity contribution in [2.75, 3.05) is 26.6 Å². The Bertz CT molecular complexity index is 740. The van der Waals surface area contributed by atoms with Crippen LogP contribution in [0.4, 0.5) is 13.2 Å². The summed E-state index contributed by atoms with van der Waals surface area (Å²) in [6.45, 7) is 0.316. The highest BCUT2D eigenvalue weighted by atomic mass is 32.2. The number of hydrogen-bond acceptors (Lipinski definition) is 5. The Morgan fingerprint density at radius 2 is 1.87 bits per heavy atom. The van der Waals surface area contributed by atoms with Crippen LogP contribution in [0.1, 0.15) is 15.9 Å². The first kappa shape index (κ1) is 16.2. The third-order valence-electron chi connectivity index (χ3n) is 3.63. The third kappa shape index (κ3) is 2.81. The smallest absolute Gasteiger partial charge is 0.355 e. The van der Waals surface area contributed by atoms with Crippen LogP contribution in [-0.4, -0.2) is 45.2 Å². The molecule has 2 aliphatic heterocycles. The predicted molar refractivity (Wildman–Crippen MR) is 69.9 cm³/mol. The molecule has 126 valence electrons. The largest absolute Gasteiger partial charge is 0.416 e. The van der Waals surface area contributed by atoms with E-state index in [-0.39, 0.29) is 38.0 Å². The van der Waals surface area contributed by atoms with Gasteiger partial charge in [-0.05, 0) is 18.2 Å². The molecule has 3 rings (SSSR count). The van der Waals surface area contributed by atoms with Gasteiger partial charge >= 0.3 is 6.18 Å². The number of halogens is 3. The van der Waals surface area contributed by atoms with Crippen molar-refractivity contribution >= 4 is 15.9 Å². The lowest BCUT2D eigenvalue weighted by atomic mass is 10.1. The van der Waals surface area contributed by atoms with E-state index in [1.165, 1.54) is 0 Å². The van der Waals surface area contributed by atoms with Gasteiger partial charge < -0.3 is 9.47 Å². The first-order chi connectivity index (χ1) is 10.7. The Balaban J connectivity index is 1.95. The Morgan fingerprint density at radius 1 is 1.22 bits per heavy atom. The molecule has 0 atom stereocenters. The molecule has 0 spiro atoms. The lowest BCUT2D eigenvalue weighted by Crippen LogP contribution is -2.39. The minimum Gasteiger partial charge on any atom is -0.355 e. The number of sulfonamides is 1. The fourth-order valence-electron chi connectivity index (χ4n) is 2.51. The van der Waals surface area contributed by atoms with Crippen LogP contribution in [0.3, 0.4) is 0 Å². The van der Waals surface area contributed by atoms with Gasteiger partial charge in [-0.15, -0.1) is 0 Å². The molecule has 6 nitrogen and oxygen atoms in total. The van der Waals surface area contributed by atoms with Crippen LogP contribution >= 0.6 is 0 Å². The predicted octanol–water partition coefficient (Wildman–Crippen LogP) is 1.47. The number of benzene rings is 1. The highest BCUT2D eigenvalue weighted by Gasteiger charge is 2.44. The molecule has 1 aromatic rings. The van der Waals surface area contributed by atoms with Crippen molar-refractivity contribution in [2.24, 2.45) is 5.92 Å². The van der Waals surface area contributed by atoms with Gasteiger partial charge in [0.1, 0.15) is 11.7 Å². The lowest BCUT2D eigenvalue weighted by Gasteiger charge is -2.26. The molecular formula is C13H12F3NO5S. The quantitative estimate of drug-likeness (QED) is 0.807. The van der Waals surface area contributed by atoms with Crippen molar-refractivity contribution < 1.29 is 35.9 Å². The van der Waals surface area contributed by atoms with E-state index in [1.54, 1.807) is 0 Å². The van der Waals surface area contributed by atoms with Crippen LogP contribution in [0.25, 0.3) is 0 Å². The third-order valence-corrected chi connectivity index (χ3v) is 5.42. The van der Waals surface area contributed by atoms with Crippen molar-refractivity contribution in [2.45, 2.75) is 11.1 Å². The second-order valence-electron chi connectivity index (χ2n) is 5.28. The standard InChI is InChI=1S/C13H12F3NO5S/c14-13(15,16)9-1-2-10-11(3-9)23(19,20)17(12(10)18)4-8-5-21-7-22-6-8/h1-3,8H,4-7H2. The van der Waals surface area contributed by atoms with Crippen LogP contribution < -0.4 is 0 Å². The number of hydrogen-bond donors (Lipinski definition) is 0. The zero-order chi connectivity index (χ0) is 16.8. The minimum absolute atomic E-state index is 0.0896. The maximum Gasteiger partial charge on any atom is 0.416 e. The molecule has 1 aromatic carbocycles. The van der Waals surface area contributed by atoms with Crippen LogP contribution in [0.15, 0.2) is 23.1 Å². The van der Waals surface area contributed by atoms with Gasteiger partial charge in [-0.3, -0.25) is 4.79 Å². The zero-order valence-electron chi connectivity index (χ0n) is 11.7. The van der Waals surface area contributed by atoms with Gasteiger partial charge in [0.15, 0.2) is 0 Å². The number of amides is 1. The van der Waals surface area contributed by atoms with Gasteiger partial charge in [-0.2, -0.15) is 13.2 Å². The van der Waals surface area contributed by atoms with Crippen molar-refractivity contribution in [1.29, 1.82) is 0 Å². The van der Waals surface area contributed by atoms with Crippen molar-refractivity contribution in [3.05, 3.63) is 29.3 Å². The SMILES string of the molecule is O=C1c2ccc(C(F)(F)F)cc2S(=O)(=O)N1CC1COCOC1. The summed E-state index contributed by atoms with van der Waals surface area (Å²) in [6.07, 6.45) is -4.69. The summed E-state index contributed by atoms with van der Waals surface area (Å²) >= 11 is 0. The zero-order valence-corrected chi connectivity index (χ0v) is 12.5. The van der Waals surface area contributed by atoms with E-state index in [4.69, 9.17) is 9.47 Å². The molecule has 2 heterocycles. The molecule has 0 aromatic heterocycles. The fourth-order valence-corrected chi connectivity index (χ4v) is 4.18. The number of nitrogens with zero attached hydrogens (tertiary/aromatic N) is 1. The topological polar surface area (TPSA) is 72.9 Å². The minimum atomic E-state index is -4.69. The molecule has 10 heteroatoms. The summed E-state index contributed by atoms with van der Waals surface area (Å²) in [5.41, 5.74) is -1.37. The number of fused-ring (bicyclic) bond motifs is 1. The summed E-state index contributed by atoms with van der Waals surface area (Å²) in [5, 5.41) is 0. The molecule has 1 saturated heterocycles. The first-order valence-electron chi connectivity index (χ1n) is 6.65. The Morgan fingerprint density at radius 3 is 2.48 bits per heavy atom. The molecule has 1 amide bonds. The maximum absolute atomic E-state index is 12.7. The second kappa shape index (κ2) is 5.46. The van der Waals surface area contributed by atoms with Crippen LogP contribution in [0, 0.1) is 5.92 Å². The van der Waals surface area contributed by atoms with E-state index in [0.29, 0.717) is 16.4 Å². The summed E-state index contributed by atoms with van der Waals surface area (Å²) in [4.78, 5) is 11.6. The monoisotopic (exact) mass is 351 g/mol. The van der Waals surface area contributed by atoms with Crippen molar-refractivity contribution in [1.82, 2.24) is 4.31 Å². The molecule has 0 radical (unpaired) electrons. The molecule has 0 bridgehead atoms. The highest BCUT2D eigenvalue weighted by Crippen LogP contribution is 2.36. The van der Waals surface area contributed by atoms with Crippen LogP contribution in [0.2, 0.25) is 0 Å². The van der Waals surface area contributed by atoms with Crippen LogP contribution in [0.5, 0.6) is 0 Å². The van der Waals surface area contributed by atoms with E-state index in [2.05, 4.69) is 0 Å². The van der Waals surface area contributed by atoms with Gasteiger partial charge in [-0.25, -0.2) is 12.7 Å². The van der Waals surface area contributed by atoms with Gasteiger partial charge in [0.2, 0.25) is 0 Å².